The fourth-order valence-electron chi connectivity index (χ4n) is 2.14. The van der Waals surface area contributed by atoms with E-state index in [1.807, 2.05) is 0 Å². The molecule has 0 saturated heterocycles. The summed E-state index contributed by atoms with van der Waals surface area (Å²) in [5, 5.41) is 10.0. The van der Waals surface area contributed by atoms with Gasteiger partial charge in [-0.2, -0.15) is 0 Å². The predicted octanol–water partition coefficient (Wildman–Crippen LogP) is -0.240. The fraction of sp³-hybridized carbons (Fsp3) is 0.462. The zero-order valence-electron chi connectivity index (χ0n) is 12.3. The number of rotatable bonds is 6. The molecule has 0 aliphatic rings. The van der Waals surface area contributed by atoms with Gasteiger partial charge in [-0.15, -0.1) is 6.58 Å². The van der Waals surface area contributed by atoms with E-state index in [1.165, 1.54) is 23.2 Å². The van der Waals surface area contributed by atoms with Crippen molar-refractivity contribution in [1.29, 1.82) is 0 Å². The van der Waals surface area contributed by atoms with Crippen LogP contribution in [-0.4, -0.2) is 43.1 Å². The Morgan fingerprint density at radius 1 is 1.41 bits per heavy atom. The van der Waals surface area contributed by atoms with Crippen molar-refractivity contribution in [2.45, 2.75) is 12.6 Å². The third-order valence-corrected chi connectivity index (χ3v) is 3.85. The largest absolute Gasteiger partial charge is 0.389 e. The SMILES string of the molecule is C=CCOC[C@H](O)Cn1c(Br)nc2c1c(=O)n(C)c(=O)n2C. The van der Waals surface area contributed by atoms with E-state index in [-0.39, 0.29) is 24.3 Å². The molecule has 0 fully saturated rings. The molecule has 0 radical (unpaired) electrons. The first-order chi connectivity index (χ1) is 10.4. The molecule has 1 atom stereocenters. The Kier molecular flexibility index (Phi) is 4.99. The van der Waals surface area contributed by atoms with Crippen LogP contribution in [0.1, 0.15) is 0 Å². The van der Waals surface area contributed by atoms with Crippen LogP contribution < -0.4 is 11.2 Å². The highest BCUT2D eigenvalue weighted by atomic mass is 79.9. The van der Waals surface area contributed by atoms with Crippen molar-refractivity contribution in [2.75, 3.05) is 13.2 Å². The maximum Gasteiger partial charge on any atom is 0.332 e. The molecule has 2 heterocycles. The normalized spacial score (nSPS) is 12.7. The lowest BCUT2D eigenvalue weighted by molar-refractivity contribution is 0.0399. The van der Waals surface area contributed by atoms with Gasteiger partial charge < -0.3 is 14.4 Å². The smallest absolute Gasteiger partial charge is 0.332 e. The number of hydrogen-bond donors (Lipinski definition) is 1. The minimum atomic E-state index is -0.824. The molecule has 120 valence electrons. The lowest BCUT2D eigenvalue weighted by Gasteiger charge is -2.13. The summed E-state index contributed by atoms with van der Waals surface area (Å²) in [5.41, 5.74) is -0.404. The number of halogens is 1. The van der Waals surface area contributed by atoms with Crippen molar-refractivity contribution in [3.63, 3.8) is 0 Å². The third kappa shape index (κ3) is 2.92. The van der Waals surface area contributed by atoms with Gasteiger partial charge in [-0.3, -0.25) is 13.9 Å². The van der Waals surface area contributed by atoms with Gasteiger partial charge in [0.25, 0.3) is 5.56 Å². The molecule has 2 rings (SSSR count). The number of aryl methyl sites for hydroxylation is 1. The van der Waals surface area contributed by atoms with Crippen LogP contribution in [0.15, 0.2) is 27.0 Å². The summed E-state index contributed by atoms with van der Waals surface area (Å²) >= 11 is 3.26. The lowest BCUT2D eigenvalue weighted by atomic mass is 10.3. The van der Waals surface area contributed by atoms with Crippen LogP contribution in [0, 0.1) is 0 Å². The monoisotopic (exact) mass is 372 g/mol. The van der Waals surface area contributed by atoms with E-state index in [9.17, 15) is 14.7 Å². The van der Waals surface area contributed by atoms with Crippen LogP contribution in [0.3, 0.4) is 0 Å². The molecule has 2 aromatic heterocycles. The molecular weight excluding hydrogens is 356 g/mol. The summed E-state index contributed by atoms with van der Waals surface area (Å²) in [6.45, 7) is 4.07. The predicted molar refractivity (Wildman–Crippen MR) is 84.9 cm³/mol. The van der Waals surface area contributed by atoms with Crippen LogP contribution in [0.2, 0.25) is 0 Å². The van der Waals surface area contributed by atoms with E-state index >= 15 is 0 Å². The molecule has 0 bridgehead atoms. The minimum Gasteiger partial charge on any atom is -0.389 e. The van der Waals surface area contributed by atoms with Crippen molar-refractivity contribution < 1.29 is 9.84 Å². The molecule has 8 nitrogen and oxygen atoms in total. The van der Waals surface area contributed by atoms with Crippen LogP contribution in [0.25, 0.3) is 11.2 Å². The fourth-order valence-corrected chi connectivity index (χ4v) is 2.63. The van der Waals surface area contributed by atoms with E-state index < -0.39 is 17.4 Å². The van der Waals surface area contributed by atoms with Crippen molar-refractivity contribution in [3.8, 4) is 0 Å². The summed E-state index contributed by atoms with van der Waals surface area (Å²) in [4.78, 5) is 28.4. The maximum atomic E-state index is 12.3. The molecule has 22 heavy (non-hydrogen) atoms. The average Bonchev–Trinajstić information content (AvgIpc) is 2.80. The number of aliphatic hydroxyl groups excluding tert-OH is 1. The molecule has 0 unspecified atom stereocenters. The molecule has 0 aromatic carbocycles. The van der Waals surface area contributed by atoms with Crippen molar-refractivity contribution in [1.82, 2.24) is 18.7 Å². The number of fused-ring (bicyclic) bond motifs is 1. The molecule has 0 aliphatic carbocycles. The highest BCUT2D eigenvalue weighted by Crippen LogP contribution is 2.16. The van der Waals surface area contributed by atoms with Gasteiger partial charge >= 0.3 is 5.69 Å². The number of aromatic nitrogens is 4. The topological polar surface area (TPSA) is 91.3 Å². The summed E-state index contributed by atoms with van der Waals surface area (Å²) in [6, 6.07) is 0. The zero-order valence-corrected chi connectivity index (χ0v) is 13.9. The van der Waals surface area contributed by atoms with E-state index in [1.54, 1.807) is 6.08 Å². The second kappa shape index (κ2) is 6.59. The molecule has 2 aromatic rings. The third-order valence-electron chi connectivity index (χ3n) is 3.24. The molecule has 0 spiro atoms. The summed E-state index contributed by atoms with van der Waals surface area (Å²) in [6.07, 6.45) is 0.761. The van der Waals surface area contributed by atoms with Gasteiger partial charge in [-0.05, 0) is 15.9 Å². The van der Waals surface area contributed by atoms with Gasteiger partial charge in [0.15, 0.2) is 15.9 Å². The van der Waals surface area contributed by atoms with Crippen LogP contribution in [0.4, 0.5) is 0 Å². The van der Waals surface area contributed by atoms with Gasteiger partial charge in [0, 0.05) is 14.1 Å². The lowest BCUT2D eigenvalue weighted by Crippen LogP contribution is -2.38. The van der Waals surface area contributed by atoms with Crippen LogP contribution in [-0.2, 0) is 25.4 Å². The van der Waals surface area contributed by atoms with E-state index in [0.29, 0.717) is 11.3 Å². The molecule has 0 aliphatic heterocycles. The standard InChI is InChI=1S/C13H17BrN4O4/c1-4-5-22-7-8(19)6-18-9-10(15-12(18)14)16(2)13(21)17(3)11(9)20/h4,8,19H,1,5-7H2,2-3H3/t8-/m1/s1. The highest BCUT2D eigenvalue weighted by molar-refractivity contribution is 9.10. The second-order valence-electron chi connectivity index (χ2n) is 4.85. The van der Waals surface area contributed by atoms with Crippen molar-refractivity contribution in [2.24, 2.45) is 14.1 Å². The Labute approximate surface area is 134 Å². The summed E-state index contributed by atoms with van der Waals surface area (Å²) < 4.78 is 9.38. The zero-order chi connectivity index (χ0) is 16.4. The van der Waals surface area contributed by atoms with Crippen molar-refractivity contribution in [3.05, 3.63) is 38.2 Å². The second-order valence-corrected chi connectivity index (χ2v) is 5.56. The molecule has 0 saturated carbocycles. The van der Waals surface area contributed by atoms with Gasteiger partial charge in [-0.25, -0.2) is 9.78 Å². The summed E-state index contributed by atoms with van der Waals surface area (Å²) in [7, 11) is 2.94. The number of ether oxygens (including phenoxy) is 1. The van der Waals surface area contributed by atoms with Gasteiger partial charge in [-0.1, -0.05) is 6.08 Å². The quantitative estimate of drug-likeness (QED) is 0.429. The Balaban J connectivity index is 2.47. The van der Waals surface area contributed by atoms with Crippen LogP contribution >= 0.6 is 15.9 Å². The Hall–Kier alpha value is -1.71. The van der Waals surface area contributed by atoms with E-state index in [2.05, 4.69) is 27.5 Å². The Morgan fingerprint density at radius 2 is 2.09 bits per heavy atom. The number of aliphatic hydroxyl groups is 1. The number of hydrogen-bond acceptors (Lipinski definition) is 5. The Morgan fingerprint density at radius 3 is 2.73 bits per heavy atom. The van der Waals surface area contributed by atoms with Gasteiger partial charge in [0.2, 0.25) is 0 Å². The molecular formula is C13H17BrN4O4. The highest BCUT2D eigenvalue weighted by Gasteiger charge is 2.19. The molecule has 0 amide bonds. The Bertz CT molecular complexity index is 820. The average molecular weight is 373 g/mol. The van der Waals surface area contributed by atoms with E-state index in [4.69, 9.17) is 4.74 Å². The number of nitrogens with zero attached hydrogens (tertiary/aromatic N) is 4. The van der Waals surface area contributed by atoms with Gasteiger partial charge in [0.05, 0.1) is 25.9 Å². The first kappa shape index (κ1) is 16.7. The first-order valence-electron chi connectivity index (χ1n) is 6.57. The summed E-state index contributed by atoms with van der Waals surface area (Å²) in [5.74, 6) is 0. The van der Waals surface area contributed by atoms with Crippen molar-refractivity contribution >= 4 is 27.1 Å². The maximum absolute atomic E-state index is 12.3. The minimum absolute atomic E-state index is 0.101. The van der Waals surface area contributed by atoms with E-state index in [0.717, 1.165) is 4.57 Å². The molecule has 9 heteroatoms. The van der Waals surface area contributed by atoms with Gasteiger partial charge in [0.1, 0.15) is 0 Å². The van der Waals surface area contributed by atoms with Crippen LogP contribution in [0.5, 0.6) is 0 Å². The molecule has 1 N–H and O–H groups in total. The first-order valence-corrected chi connectivity index (χ1v) is 7.36. The number of imidazole rings is 1.